The average Bonchev–Trinajstić information content (AvgIpc) is 2.44. The van der Waals surface area contributed by atoms with E-state index in [1.54, 1.807) is 0 Å². The summed E-state index contributed by atoms with van der Waals surface area (Å²) in [7, 11) is 2.89. The minimum absolute atomic E-state index is 0.0605. The van der Waals surface area contributed by atoms with Crippen molar-refractivity contribution in [3.63, 3.8) is 0 Å². The van der Waals surface area contributed by atoms with Gasteiger partial charge in [0.05, 0.1) is 30.4 Å². The maximum absolute atomic E-state index is 13.5. The Kier molecular flexibility index (Phi) is 4.23. The maximum atomic E-state index is 13.5. The zero-order valence-corrected chi connectivity index (χ0v) is 12.3. The maximum Gasteiger partial charge on any atom is 0.328 e. The molecule has 20 heavy (non-hydrogen) atoms. The number of halogens is 2. The van der Waals surface area contributed by atoms with Crippen LogP contribution in [0.3, 0.4) is 0 Å². The van der Waals surface area contributed by atoms with Gasteiger partial charge in [-0.15, -0.1) is 0 Å². The van der Waals surface area contributed by atoms with Crippen LogP contribution in [0.2, 0.25) is 0 Å². The molecule has 0 radical (unpaired) electrons. The summed E-state index contributed by atoms with van der Waals surface area (Å²) < 4.78 is 29.1. The van der Waals surface area contributed by atoms with Gasteiger partial charge in [-0.05, 0) is 22.0 Å². The van der Waals surface area contributed by atoms with Crippen LogP contribution in [0.1, 0.15) is 0 Å². The van der Waals surface area contributed by atoms with Crippen molar-refractivity contribution in [3.8, 4) is 23.5 Å². The van der Waals surface area contributed by atoms with Gasteiger partial charge in [-0.3, -0.25) is 0 Å². The van der Waals surface area contributed by atoms with E-state index in [1.807, 2.05) is 0 Å². The second-order valence-corrected chi connectivity index (χ2v) is 4.50. The standard InChI is InChI=1S/C12H11BrFN3O3/c1-18-10-5-11(19-2)17-12(16-10)20-9-4-7(14)6(13)3-8(9)15/h3-5H,15H2,1-2H3. The van der Waals surface area contributed by atoms with Crippen molar-refractivity contribution in [2.24, 2.45) is 0 Å². The Morgan fingerprint density at radius 1 is 1.10 bits per heavy atom. The van der Waals surface area contributed by atoms with E-state index in [0.29, 0.717) is 0 Å². The first kappa shape index (κ1) is 14.3. The van der Waals surface area contributed by atoms with Crippen molar-refractivity contribution >= 4 is 21.6 Å². The number of methoxy groups -OCH3 is 2. The molecule has 106 valence electrons. The molecular weight excluding hydrogens is 333 g/mol. The van der Waals surface area contributed by atoms with Crippen LogP contribution in [0.25, 0.3) is 0 Å². The summed E-state index contributed by atoms with van der Waals surface area (Å²) in [6.07, 6.45) is 0. The molecule has 0 bridgehead atoms. The molecule has 2 rings (SSSR count). The van der Waals surface area contributed by atoms with Crippen molar-refractivity contribution in [2.45, 2.75) is 0 Å². The van der Waals surface area contributed by atoms with E-state index in [0.717, 1.165) is 6.07 Å². The summed E-state index contributed by atoms with van der Waals surface area (Å²) in [6, 6.07) is 3.95. The first-order valence-corrected chi connectivity index (χ1v) is 6.22. The topological polar surface area (TPSA) is 79.5 Å². The molecular formula is C12H11BrFN3O3. The average molecular weight is 344 g/mol. The van der Waals surface area contributed by atoms with E-state index in [1.165, 1.54) is 26.4 Å². The third kappa shape index (κ3) is 3.08. The summed E-state index contributed by atoms with van der Waals surface area (Å²) in [6.45, 7) is 0. The molecule has 6 nitrogen and oxygen atoms in total. The van der Waals surface area contributed by atoms with Crippen LogP contribution >= 0.6 is 15.9 Å². The van der Waals surface area contributed by atoms with Crippen LogP contribution in [0.4, 0.5) is 10.1 Å². The third-order valence-electron chi connectivity index (χ3n) is 2.33. The minimum Gasteiger partial charge on any atom is -0.481 e. The van der Waals surface area contributed by atoms with Gasteiger partial charge >= 0.3 is 6.01 Å². The van der Waals surface area contributed by atoms with Gasteiger partial charge in [0.25, 0.3) is 0 Å². The number of nitrogen functional groups attached to an aromatic ring is 1. The fourth-order valence-electron chi connectivity index (χ4n) is 1.37. The molecule has 0 saturated heterocycles. The number of aromatic nitrogens is 2. The predicted molar refractivity (Wildman–Crippen MR) is 73.7 cm³/mol. The van der Waals surface area contributed by atoms with Crippen LogP contribution in [-0.4, -0.2) is 24.2 Å². The van der Waals surface area contributed by atoms with E-state index in [-0.39, 0.29) is 33.7 Å². The van der Waals surface area contributed by atoms with Gasteiger partial charge in [0.1, 0.15) is 5.82 Å². The number of hydrogen-bond donors (Lipinski definition) is 1. The molecule has 0 atom stereocenters. The van der Waals surface area contributed by atoms with E-state index >= 15 is 0 Å². The first-order chi connectivity index (χ1) is 9.53. The molecule has 0 amide bonds. The highest BCUT2D eigenvalue weighted by Crippen LogP contribution is 2.32. The van der Waals surface area contributed by atoms with Crippen molar-refractivity contribution in [1.82, 2.24) is 9.97 Å². The predicted octanol–water partition coefficient (Wildman–Crippen LogP) is 2.77. The lowest BCUT2D eigenvalue weighted by atomic mass is 10.3. The van der Waals surface area contributed by atoms with Gasteiger partial charge in [-0.2, -0.15) is 9.97 Å². The molecule has 2 N–H and O–H groups in total. The van der Waals surface area contributed by atoms with Crippen LogP contribution in [-0.2, 0) is 0 Å². The summed E-state index contributed by atoms with van der Waals surface area (Å²) in [5, 5.41) is 0. The van der Waals surface area contributed by atoms with Crippen molar-refractivity contribution in [1.29, 1.82) is 0 Å². The molecule has 0 aliphatic carbocycles. The Morgan fingerprint density at radius 2 is 1.70 bits per heavy atom. The number of anilines is 1. The highest BCUT2D eigenvalue weighted by atomic mass is 79.9. The Labute approximate surface area is 122 Å². The number of ether oxygens (including phenoxy) is 3. The molecule has 0 fully saturated rings. The Balaban J connectivity index is 2.36. The number of nitrogens with zero attached hydrogens (tertiary/aromatic N) is 2. The minimum atomic E-state index is -0.510. The first-order valence-electron chi connectivity index (χ1n) is 5.43. The van der Waals surface area contributed by atoms with Gasteiger partial charge in [0.2, 0.25) is 11.8 Å². The molecule has 0 unspecified atom stereocenters. The van der Waals surface area contributed by atoms with Crippen molar-refractivity contribution in [3.05, 3.63) is 28.5 Å². The zero-order chi connectivity index (χ0) is 14.7. The van der Waals surface area contributed by atoms with Crippen LogP contribution in [0, 0.1) is 5.82 Å². The molecule has 1 aromatic heterocycles. The van der Waals surface area contributed by atoms with Gasteiger partial charge < -0.3 is 19.9 Å². The highest BCUT2D eigenvalue weighted by Gasteiger charge is 2.12. The molecule has 1 aromatic carbocycles. The molecule has 0 aliphatic rings. The van der Waals surface area contributed by atoms with E-state index in [9.17, 15) is 4.39 Å². The summed E-state index contributed by atoms with van der Waals surface area (Å²) in [5.41, 5.74) is 5.98. The zero-order valence-electron chi connectivity index (χ0n) is 10.7. The van der Waals surface area contributed by atoms with Gasteiger partial charge in [0, 0.05) is 6.07 Å². The monoisotopic (exact) mass is 343 g/mol. The van der Waals surface area contributed by atoms with Gasteiger partial charge in [-0.25, -0.2) is 4.39 Å². The molecule has 8 heteroatoms. The molecule has 0 saturated carbocycles. The lowest BCUT2D eigenvalue weighted by molar-refractivity contribution is 0.348. The number of nitrogens with two attached hydrogens (primary N) is 1. The molecule has 1 heterocycles. The fourth-order valence-corrected chi connectivity index (χ4v) is 1.73. The summed E-state index contributed by atoms with van der Waals surface area (Å²) >= 11 is 3.03. The smallest absolute Gasteiger partial charge is 0.328 e. The number of rotatable bonds is 4. The summed E-state index contributed by atoms with van der Waals surface area (Å²) in [5.74, 6) is 0.0936. The van der Waals surface area contributed by atoms with E-state index in [2.05, 4.69) is 25.9 Å². The second-order valence-electron chi connectivity index (χ2n) is 3.64. The third-order valence-corrected chi connectivity index (χ3v) is 2.94. The normalized spacial score (nSPS) is 10.2. The molecule has 0 aliphatic heterocycles. The Bertz CT molecular complexity index is 617. The molecule has 0 spiro atoms. The van der Waals surface area contributed by atoms with E-state index in [4.69, 9.17) is 19.9 Å². The SMILES string of the molecule is COc1cc(OC)nc(Oc2cc(F)c(Br)cc2N)n1. The highest BCUT2D eigenvalue weighted by molar-refractivity contribution is 9.10. The lowest BCUT2D eigenvalue weighted by Crippen LogP contribution is -2.00. The number of benzene rings is 1. The van der Waals surface area contributed by atoms with E-state index < -0.39 is 5.82 Å². The van der Waals surface area contributed by atoms with Crippen LogP contribution in [0.5, 0.6) is 23.5 Å². The fraction of sp³-hybridized carbons (Fsp3) is 0.167. The Morgan fingerprint density at radius 3 is 2.25 bits per heavy atom. The second kappa shape index (κ2) is 5.91. The Hall–Kier alpha value is -2.09. The van der Waals surface area contributed by atoms with Crippen LogP contribution < -0.4 is 19.9 Å². The van der Waals surface area contributed by atoms with Crippen LogP contribution in [0.15, 0.2) is 22.7 Å². The van der Waals surface area contributed by atoms with Crippen molar-refractivity contribution < 1.29 is 18.6 Å². The lowest BCUT2D eigenvalue weighted by Gasteiger charge is -2.09. The molecule has 2 aromatic rings. The van der Waals surface area contributed by atoms with Gasteiger partial charge in [-0.1, -0.05) is 0 Å². The van der Waals surface area contributed by atoms with Gasteiger partial charge in [0.15, 0.2) is 5.75 Å². The largest absolute Gasteiger partial charge is 0.481 e. The summed E-state index contributed by atoms with van der Waals surface area (Å²) in [4.78, 5) is 7.93. The number of hydrogen-bond acceptors (Lipinski definition) is 6. The van der Waals surface area contributed by atoms with Crippen molar-refractivity contribution in [2.75, 3.05) is 20.0 Å². The quantitative estimate of drug-likeness (QED) is 0.860.